The van der Waals surface area contributed by atoms with Crippen molar-refractivity contribution < 1.29 is 23.0 Å². The summed E-state index contributed by atoms with van der Waals surface area (Å²) in [6.07, 6.45) is 2.00. The van der Waals surface area contributed by atoms with Crippen LogP contribution in [0, 0.1) is 11.6 Å². The number of carbonyl (C=O) groups is 1. The molecule has 1 heterocycles. The van der Waals surface area contributed by atoms with E-state index in [0.29, 0.717) is 0 Å². The van der Waals surface area contributed by atoms with E-state index < -0.39 is 11.6 Å². The third-order valence-corrected chi connectivity index (χ3v) is 3.42. The quantitative estimate of drug-likeness (QED) is 0.792. The summed E-state index contributed by atoms with van der Waals surface area (Å²) < 4.78 is 36.6. The summed E-state index contributed by atoms with van der Waals surface area (Å²) in [4.78, 5) is 11.7. The minimum Gasteiger partial charge on any atom is -0.489 e. The van der Waals surface area contributed by atoms with Gasteiger partial charge in [-0.15, -0.1) is 0 Å². The summed E-state index contributed by atoms with van der Waals surface area (Å²) >= 11 is 0. The molecule has 2 amide bonds. The second kappa shape index (κ2) is 7.93. The van der Waals surface area contributed by atoms with Crippen LogP contribution >= 0.6 is 0 Å². The third kappa shape index (κ3) is 4.84. The van der Waals surface area contributed by atoms with Gasteiger partial charge in [0.2, 0.25) is 0 Å². The molecule has 22 heavy (non-hydrogen) atoms. The largest absolute Gasteiger partial charge is 0.489 e. The van der Waals surface area contributed by atoms with E-state index in [2.05, 4.69) is 10.6 Å². The molecular weight excluding hydrogens is 294 g/mol. The molecule has 0 aliphatic carbocycles. The van der Waals surface area contributed by atoms with Gasteiger partial charge in [0.25, 0.3) is 0 Å². The first-order chi connectivity index (χ1) is 10.6. The molecule has 5 nitrogen and oxygen atoms in total. The van der Waals surface area contributed by atoms with E-state index in [1.165, 1.54) is 6.07 Å². The molecule has 1 aliphatic rings. The van der Waals surface area contributed by atoms with E-state index in [1.54, 1.807) is 0 Å². The number of amides is 2. The zero-order valence-electron chi connectivity index (χ0n) is 12.4. The summed E-state index contributed by atoms with van der Waals surface area (Å²) in [5, 5.41) is 5.40. The van der Waals surface area contributed by atoms with Gasteiger partial charge in [0.15, 0.2) is 11.6 Å². The van der Waals surface area contributed by atoms with Crippen molar-refractivity contribution in [3.63, 3.8) is 0 Å². The maximum Gasteiger partial charge on any atom is 0.315 e. The van der Waals surface area contributed by atoms with Crippen molar-refractivity contribution in [1.29, 1.82) is 0 Å². The number of rotatable bonds is 6. The van der Waals surface area contributed by atoms with Crippen molar-refractivity contribution in [2.24, 2.45) is 0 Å². The number of nitrogens with one attached hydrogen (secondary N) is 2. The summed E-state index contributed by atoms with van der Waals surface area (Å²) in [7, 11) is 0. The van der Waals surface area contributed by atoms with Crippen LogP contribution in [0.5, 0.6) is 5.75 Å². The third-order valence-electron chi connectivity index (χ3n) is 3.42. The number of hydrogen-bond acceptors (Lipinski definition) is 3. The van der Waals surface area contributed by atoms with Gasteiger partial charge < -0.3 is 20.1 Å². The number of urea groups is 1. The lowest BCUT2D eigenvalue weighted by atomic mass is 10.1. The highest BCUT2D eigenvalue weighted by molar-refractivity contribution is 5.74. The molecule has 1 fully saturated rings. The fourth-order valence-electron chi connectivity index (χ4n) is 2.27. The second-order valence-corrected chi connectivity index (χ2v) is 5.16. The van der Waals surface area contributed by atoms with Crippen LogP contribution in [0.3, 0.4) is 0 Å². The Kier molecular flexibility index (Phi) is 5.94. The predicted octanol–water partition coefficient (Wildman–Crippen LogP) is 2.21. The smallest absolute Gasteiger partial charge is 0.315 e. The fourth-order valence-corrected chi connectivity index (χ4v) is 2.27. The Balaban J connectivity index is 1.64. The monoisotopic (exact) mass is 314 g/mol. The fraction of sp³-hybridized carbons (Fsp3) is 0.533. The highest BCUT2D eigenvalue weighted by Crippen LogP contribution is 2.17. The number of halogens is 2. The van der Waals surface area contributed by atoms with Gasteiger partial charge >= 0.3 is 6.03 Å². The molecule has 2 atom stereocenters. The van der Waals surface area contributed by atoms with Crippen molar-refractivity contribution in [3.05, 3.63) is 29.8 Å². The molecule has 0 aromatic heterocycles. The molecule has 0 saturated carbocycles. The highest BCUT2D eigenvalue weighted by atomic mass is 19.1. The minimum absolute atomic E-state index is 0.0451. The average Bonchev–Trinajstić information content (AvgIpc) is 2.99. The number of ether oxygens (including phenoxy) is 2. The Hall–Kier alpha value is -1.89. The van der Waals surface area contributed by atoms with Gasteiger partial charge in [-0.05, 0) is 31.9 Å². The normalized spacial score (nSPS) is 18.8. The van der Waals surface area contributed by atoms with E-state index in [9.17, 15) is 13.6 Å². The highest BCUT2D eigenvalue weighted by Gasteiger charge is 2.23. The first-order valence-corrected chi connectivity index (χ1v) is 7.30. The average molecular weight is 314 g/mol. The van der Waals surface area contributed by atoms with Gasteiger partial charge in [0.1, 0.15) is 12.4 Å². The first kappa shape index (κ1) is 16.5. The van der Waals surface area contributed by atoms with Crippen molar-refractivity contribution >= 4 is 6.03 Å². The Bertz CT molecular complexity index is 508. The molecule has 2 N–H and O–H groups in total. The van der Waals surface area contributed by atoms with Crippen LogP contribution in [0.25, 0.3) is 0 Å². The molecule has 1 saturated heterocycles. The van der Waals surface area contributed by atoms with E-state index in [4.69, 9.17) is 9.47 Å². The van der Waals surface area contributed by atoms with Gasteiger partial charge in [0, 0.05) is 12.7 Å². The summed E-state index contributed by atoms with van der Waals surface area (Å²) in [6, 6.07) is 2.68. The molecule has 0 bridgehead atoms. The van der Waals surface area contributed by atoms with E-state index in [-0.39, 0.29) is 37.1 Å². The lowest BCUT2D eigenvalue weighted by Crippen LogP contribution is -2.46. The first-order valence-electron chi connectivity index (χ1n) is 7.30. The van der Waals surface area contributed by atoms with Gasteiger partial charge in [-0.1, -0.05) is 0 Å². The molecule has 1 aromatic carbocycles. The maximum absolute atomic E-state index is 13.3. The second-order valence-electron chi connectivity index (χ2n) is 5.16. The molecule has 1 aliphatic heterocycles. The van der Waals surface area contributed by atoms with Crippen LogP contribution in [-0.2, 0) is 4.74 Å². The van der Waals surface area contributed by atoms with Gasteiger partial charge in [0.05, 0.1) is 18.7 Å². The standard InChI is InChI=1S/C15H20F2N2O3/c1-10(13-3-2-7-21-13)19-15(20)18-6-8-22-14-5-4-11(16)9-12(14)17/h4-5,9-10,13H,2-3,6-8H2,1H3,(H2,18,19,20). The Morgan fingerprint density at radius 2 is 2.32 bits per heavy atom. The van der Waals surface area contributed by atoms with Crippen LogP contribution in [0.2, 0.25) is 0 Å². The SMILES string of the molecule is CC(NC(=O)NCCOc1ccc(F)cc1F)C1CCCO1. The van der Waals surface area contributed by atoms with Gasteiger partial charge in [-0.25, -0.2) is 13.6 Å². The topological polar surface area (TPSA) is 59.6 Å². The zero-order valence-corrected chi connectivity index (χ0v) is 12.4. The van der Waals surface area contributed by atoms with Gasteiger partial charge in [-0.2, -0.15) is 0 Å². The molecule has 7 heteroatoms. The Labute approximate surface area is 128 Å². The van der Waals surface area contributed by atoms with Crippen molar-refractivity contribution in [3.8, 4) is 5.75 Å². The molecule has 2 unspecified atom stereocenters. The van der Waals surface area contributed by atoms with Crippen LogP contribution in [0.1, 0.15) is 19.8 Å². The van der Waals surface area contributed by atoms with E-state index in [0.717, 1.165) is 31.6 Å². The summed E-state index contributed by atoms with van der Waals surface area (Å²) in [5.41, 5.74) is 0. The van der Waals surface area contributed by atoms with Crippen LogP contribution < -0.4 is 15.4 Å². The predicted molar refractivity (Wildman–Crippen MR) is 76.8 cm³/mol. The van der Waals surface area contributed by atoms with Gasteiger partial charge in [-0.3, -0.25) is 0 Å². The minimum atomic E-state index is -0.767. The Morgan fingerprint density at radius 1 is 1.50 bits per heavy atom. The number of hydrogen-bond donors (Lipinski definition) is 2. The van der Waals surface area contributed by atoms with Crippen LogP contribution in [0.4, 0.5) is 13.6 Å². The molecule has 0 radical (unpaired) electrons. The van der Waals surface area contributed by atoms with Crippen molar-refractivity contribution in [2.75, 3.05) is 19.8 Å². The van der Waals surface area contributed by atoms with Crippen molar-refractivity contribution in [2.45, 2.75) is 31.9 Å². The van der Waals surface area contributed by atoms with E-state index >= 15 is 0 Å². The molecule has 1 aromatic rings. The summed E-state index contributed by atoms with van der Waals surface area (Å²) in [6.45, 7) is 2.92. The maximum atomic E-state index is 13.3. The lowest BCUT2D eigenvalue weighted by Gasteiger charge is -2.20. The molecule has 2 rings (SSSR count). The number of benzene rings is 1. The van der Waals surface area contributed by atoms with Crippen LogP contribution in [0.15, 0.2) is 18.2 Å². The Morgan fingerprint density at radius 3 is 3.00 bits per heavy atom. The van der Waals surface area contributed by atoms with Crippen molar-refractivity contribution in [1.82, 2.24) is 10.6 Å². The molecular formula is C15H20F2N2O3. The summed E-state index contributed by atoms with van der Waals surface area (Å²) in [5.74, 6) is -1.47. The lowest BCUT2D eigenvalue weighted by molar-refractivity contribution is 0.0860. The number of carbonyl (C=O) groups excluding carboxylic acids is 1. The van der Waals surface area contributed by atoms with E-state index in [1.807, 2.05) is 6.92 Å². The molecule has 122 valence electrons. The zero-order chi connectivity index (χ0) is 15.9. The molecule has 0 spiro atoms. The van der Waals surface area contributed by atoms with Crippen LogP contribution in [-0.4, -0.2) is 37.9 Å².